The molecule has 0 aromatic rings. The maximum atomic E-state index is 11.1. The highest BCUT2D eigenvalue weighted by Gasteiger charge is 2.49. The quantitative estimate of drug-likeness (QED) is 0.468. The standard InChI is InChI=1S/C7H9ClO2S/c8-11(9,10)7-3-1-6(5-7)2-4-7/h1,3,6H,2,4-5H2. The van der Waals surface area contributed by atoms with E-state index in [1.165, 1.54) is 0 Å². The van der Waals surface area contributed by atoms with E-state index in [-0.39, 0.29) is 0 Å². The summed E-state index contributed by atoms with van der Waals surface area (Å²) in [6, 6.07) is 0. The molecular formula is C7H9ClO2S. The molecule has 0 aromatic carbocycles. The molecule has 11 heavy (non-hydrogen) atoms. The molecule has 62 valence electrons. The van der Waals surface area contributed by atoms with Gasteiger partial charge in [0.05, 0.1) is 0 Å². The summed E-state index contributed by atoms with van der Waals surface area (Å²) < 4.78 is 21.6. The Kier molecular flexibility index (Phi) is 1.40. The minimum absolute atomic E-state index is 0.462. The molecule has 2 unspecified atom stereocenters. The maximum Gasteiger partial charge on any atom is 0.241 e. The lowest BCUT2D eigenvalue weighted by Gasteiger charge is -2.18. The van der Waals surface area contributed by atoms with Crippen molar-refractivity contribution >= 4 is 19.7 Å². The Balaban J connectivity index is 2.46. The zero-order chi connectivity index (χ0) is 8.11. The summed E-state index contributed by atoms with van der Waals surface area (Å²) in [5, 5.41) is 0. The average molecular weight is 193 g/mol. The summed E-state index contributed by atoms with van der Waals surface area (Å²) in [4.78, 5) is 0. The Morgan fingerprint density at radius 2 is 2.27 bits per heavy atom. The van der Waals surface area contributed by atoms with Crippen LogP contribution in [0.15, 0.2) is 12.2 Å². The van der Waals surface area contributed by atoms with Crippen LogP contribution in [0.3, 0.4) is 0 Å². The lowest BCUT2D eigenvalue weighted by atomic mass is 10.1. The van der Waals surface area contributed by atoms with Gasteiger partial charge >= 0.3 is 0 Å². The van der Waals surface area contributed by atoms with Crippen LogP contribution < -0.4 is 0 Å². The van der Waals surface area contributed by atoms with E-state index in [0.29, 0.717) is 18.8 Å². The van der Waals surface area contributed by atoms with Gasteiger partial charge in [0.15, 0.2) is 0 Å². The van der Waals surface area contributed by atoms with Gasteiger partial charge in [-0.15, -0.1) is 0 Å². The predicted molar refractivity (Wildman–Crippen MR) is 44.0 cm³/mol. The molecule has 0 amide bonds. The van der Waals surface area contributed by atoms with Gasteiger partial charge in [-0.2, -0.15) is 0 Å². The summed E-state index contributed by atoms with van der Waals surface area (Å²) in [5.41, 5.74) is 0. The van der Waals surface area contributed by atoms with E-state index in [1.807, 2.05) is 6.08 Å². The van der Waals surface area contributed by atoms with Crippen molar-refractivity contribution in [3.63, 3.8) is 0 Å². The third kappa shape index (κ3) is 0.942. The highest BCUT2D eigenvalue weighted by Crippen LogP contribution is 2.48. The van der Waals surface area contributed by atoms with Crippen molar-refractivity contribution in [2.45, 2.75) is 24.0 Å². The molecule has 0 radical (unpaired) electrons. The van der Waals surface area contributed by atoms with E-state index in [9.17, 15) is 8.42 Å². The monoisotopic (exact) mass is 192 g/mol. The lowest BCUT2D eigenvalue weighted by molar-refractivity contribution is 0.571. The molecule has 2 aliphatic rings. The van der Waals surface area contributed by atoms with E-state index in [2.05, 4.69) is 0 Å². The van der Waals surface area contributed by atoms with Crippen LogP contribution in [0, 0.1) is 5.92 Å². The van der Waals surface area contributed by atoms with Gasteiger partial charge in [-0.25, -0.2) is 8.42 Å². The van der Waals surface area contributed by atoms with Crippen molar-refractivity contribution in [3.8, 4) is 0 Å². The van der Waals surface area contributed by atoms with Crippen LogP contribution in [-0.4, -0.2) is 13.2 Å². The van der Waals surface area contributed by atoms with Crippen molar-refractivity contribution < 1.29 is 8.42 Å². The highest BCUT2D eigenvalue weighted by atomic mass is 35.7. The molecule has 2 bridgehead atoms. The fraction of sp³-hybridized carbons (Fsp3) is 0.714. The molecule has 2 nitrogen and oxygen atoms in total. The van der Waals surface area contributed by atoms with Crippen LogP contribution in [0.5, 0.6) is 0 Å². The molecule has 0 aromatic heterocycles. The predicted octanol–water partition coefficient (Wildman–Crippen LogP) is 1.66. The fourth-order valence-corrected chi connectivity index (χ4v) is 3.60. The van der Waals surface area contributed by atoms with Crippen LogP contribution in [0.25, 0.3) is 0 Å². The van der Waals surface area contributed by atoms with Crippen molar-refractivity contribution in [1.29, 1.82) is 0 Å². The van der Waals surface area contributed by atoms with E-state index >= 15 is 0 Å². The molecule has 1 fully saturated rings. The second-order valence-corrected chi connectivity index (χ2v) is 6.27. The van der Waals surface area contributed by atoms with E-state index in [4.69, 9.17) is 10.7 Å². The first-order valence-electron chi connectivity index (χ1n) is 3.67. The molecule has 2 rings (SSSR count). The fourth-order valence-electron chi connectivity index (χ4n) is 2.01. The minimum atomic E-state index is -3.39. The first-order valence-corrected chi connectivity index (χ1v) is 5.98. The highest BCUT2D eigenvalue weighted by molar-refractivity contribution is 8.15. The van der Waals surface area contributed by atoms with Gasteiger partial charge in [0.25, 0.3) is 0 Å². The number of fused-ring (bicyclic) bond motifs is 2. The van der Waals surface area contributed by atoms with Crippen molar-refractivity contribution in [2.24, 2.45) is 5.92 Å². The molecule has 0 saturated heterocycles. The van der Waals surface area contributed by atoms with Crippen LogP contribution in [-0.2, 0) is 9.05 Å². The summed E-state index contributed by atoms with van der Waals surface area (Å²) in [7, 11) is 1.96. The van der Waals surface area contributed by atoms with E-state index in [0.717, 1.165) is 6.42 Å². The number of hydrogen-bond donors (Lipinski definition) is 0. The molecule has 0 N–H and O–H groups in total. The molecule has 2 aliphatic carbocycles. The second kappa shape index (κ2) is 2.02. The largest absolute Gasteiger partial charge is 0.241 e. The number of allylic oxidation sites excluding steroid dienone is 1. The number of halogens is 1. The van der Waals surface area contributed by atoms with Gasteiger partial charge in [-0.1, -0.05) is 12.2 Å². The number of rotatable bonds is 1. The molecule has 0 aliphatic heterocycles. The minimum Gasteiger partial charge on any atom is -0.211 e. The average Bonchev–Trinajstić information content (AvgIpc) is 2.42. The third-order valence-electron chi connectivity index (χ3n) is 2.70. The van der Waals surface area contributed by atoms with Crippen molar-refractivity contribution in [2.75, 3.05) is 0 Å². The van der Waals surface area contributed by atoms with E-state index in [1.54, 1.807) is 6.08 Å². The normalized spacial score (nSPS) is 41.7. The Morgan fingerprint density at radius 1 is 1.55 bits per heavy atom. The maximum absolute atomic E-state index is 11.1. The van der Waals surface area contributed by atoms with Gasteiger partial charge in [0, 0.05) is 10.7 Å². The smallest absolute Gasteiger partial charge is 0.211 e. The van der Waals surface area contributed by atoms with Crippen molar-refractivity contribution in [1.82, 2.24) is 0 Å². The van der Waals surface area contributed by atoms with Crippen LogP contribution in [0.2, 0.25) is 0 Å². The van der Waals surface area contributed by atoms with Gasteiger partial charge in [0.2, 0.25) is 9.05 Å². The Hall–Kier alpha value is -0.0200. The summed E-state index contributed by atoms with van der Waals surface area (Å²) in [5.74, 6) is 0.462. The molecule has 0 heterocycles. The van der Waals surface area contributed by atoms with Crippen LogP contribution in [0.4, 0.5) is 0 Å². The van der Waals surface area contributed by atoms with Gasteiger partial charge in [-0.05, 0) is 25.2 Å². The summed E-state index contributed by atoms with van der Waals surface area (Å²) >= 11 is 0. The molecular weight excluding hydrogens is 184 g/mol. The first-order chi connectivity index (χ1) is 5.04. The number of hydrogen-bond acceptors (Lipinski definition) is 2. The van der Waals surface area contributed by atoms with Crippen LogP contribution in [0.1, 0.15) is 19.3 Å². The molecule has 1 saturated carbocycles. The Labute approximate surface area is 70.7 Å². The lowest BCUT2D eigenvalue weighted by Crippen LogP contribution is -2.27. The third-order valence-corrected chi connectivity index (χ3v) is 5.10. The van der Waals surface area contributed by atoms with E-state index < -0.39 is 13.8 Å². The summed E-state index contributed by atoms with van der Waals surface area (Å²) in [6.45, 7) is 0. The Bertz CT molecular complexity index is 306. The van der Waals surface area contributed by atoms with Crippen LogP contribution >= 0.6 is 10.7 Å². The molecule has 4 heteroatoms. The van der Waals surface area contributed by atoms with Gasteiger partial charge < -0.3 is 0 Å². The first kappa shape index (κ1) is 7.62. The molecule has 0 spiro atoms. The topological polar surface area (TPSA) is 34.1 Å². The van der Waals surface area contributed by atoms with Gasteiger partial charge in [-0.3, -0.25) is 0 Å². The SMILES string of the molecule is O=S(=O)(Cl)C12C=CC(CC1)C2. The van der Waals surface area contributed by atoms with Gasteiger partial charge in [0.1, 0.15) is 4.75 Å². The summed E-state index contributed by atoms with van der Waals surface area (Å²) in [6.07, 6.45) is 6.13. The van der Waals surface area contributed by atoms with Crippen molar-refractivity contribution in [3.05, 3.63) is 12.2 Å². The zero-order valence-electron chi connectivity index (χ0n) is 5.96. The molecule has 2 atom stereocenters. The zero-order valence-corrected chi connectivity index (χ0v) is 7.53. The Morgan fingerprint density at radius 3 is 2.45 bits per heavy atom. The second-order valence-electron chi connectivity index (χ2n) is 3.36.